The molecule has 0 aromatic heterocycles. The van der Waals surface area contributed by atoms with Gasteiger partial charge in [0.15, 0.2) is 0 Å². The number of hydrogen-bond acceptors (Lipinski definition) is 3. The Balaban J connectivity index is 2.09. The average Bonchev–Trinajstić information content (AvgIpc) is 2.91. The molecule has 3 heteroatoms. The second-order valence-corrected chi connectivity index (χ2v) is 11.1. The van der Waals surface area contributed by atoms with E-state index in [1.165, 1.54) is 134 Å². The first kappa shape index (κ1) is 33.8. The molecule has 0 unspecified atom stereocenters. The zero-order valence-electron chi connectivity index (χ0n) is 25.0. The van der Waals surface area contributed by atoms with E-state index in [9.17, 15) is 0 Å². The van der Waals surface area contributed by atoms with E-state index in [2.05, 4.69) is 32.0 Å². The highest BCUT2D eigenvalue weighted by Crippen LogP contribution is 2.25. The summed E-state index contributed by atoms with van der Waals surface area (Å²) in [6, 6.07) is 6.29. The van der Waals surface area contributed by atoms with E-state index in [0.717, 1.165) is 44.0 Å². The van der Waals surface area contributed by atoms with E-state index in [-0.39, 0.29) is 0 Å². The molecule has 0 fully saturated rings. The molecule has 0 aliphatic heterocycles. The van der Waals surface area contributed by atoms with Crippen molar-refractivity contribution in [1.82, 2.24) is 0 Å². The Morgan fingerprint density at radius 2 is 0.919 bits per heavy atom. The summed E-state index contributed by atoms with van der Waals surface area (Å²) in [7, 11) is 0. The third kappa shape index (κ3) is 20.4. The maximum atomic E-state index is 6.13. The van der Waals surface area contributed by atoms with Crippen LogP contribution in [0.1, 0.15) is 161 Å². The molecule has 1 aromatic rings. The largest absolute Gasteiger partial charge is 0.494 e. The van der Waals surface area contributed by atoms with Gasteiger partial charge in [0, 0.05) is 0 Å². The normalized spacial score (nSPS) is 11.2. The standard InChI is InChI=1S/C34H63NO2/c1-3-5-7-9-11-13-15-17-19-21-23-29-36-33-25-26-34(32(31-33)27-28-35)37-30-24-22-20-18-16-14-12-10-8-6-4-2/h25-26,31H,3-24,27-30,35H2,1-2H3. The zero-order valence-corrected chi connectivity index (χ0v) is 25.0. The van der Waals surface area contributed by atoms with Crippen LogP contribution in [0.25, 0.3) is 0 Å². The molecular weight excluding hydrogens is 454 g/mol. The van der Waals surface area contributed by atoms with E-state index in [1.54, 1.807) is 0 Å². The molecule has 216 valence electrons. The monoisotopic (exact) mass is 517 g/mol. The maximum absolute atomic E-state index is 6.13. The third-order valence-corrected chi connectivity index (χ3v) is 7.47. The fourth-order valence-electron chi connectivity index (χ4n) is 5.04. The average molecular weight is 518 g/mol. The Bertz CT molecular complexity index is 603. The quantitative estimate of drug-likeness (QED) is 0.112. The second-order valence-electron chi connectivity index (χ2n) is 11.1. The molecule has 0 heterocycles. The van der Waals surface area contributed by atoms with Gasteiger partial charge in [0.05, 0.1) is 13.2 Å². The van der Waals surface area contributed by atoms with Crippen LogP contribution in [-0.2, 0) is 6.42 Å². The molecule has 0 spiro atoms. The van der Waals surface area contributed by atoms with Gasteiger partial charge in [-0.2, -0.15) is 0 Å². The van der Waals surface area contributed by atoms with Gasteiger partial charge in [-0.25, -0.2) is 0 Å². The molecule has 0 saturated carbocycles. The van der Waals surface area contributed by atoms with Crippen molar-refractivity contribution in [2.45, 2.75) is 162 Å². The van der Waals surface area contributed by atoms with Crippen molar-refractivity contribution in [1.29, 1.82) is 0 Å². The third-order valence-electron chi connectivity index (χ3n) is 7.47. The lowest BCUT2D eigenvalue weighted by molar-refractivity contribution is 0.293. The molecule has 0 atom stereocenters. The van der Waals surface area contributed by atoms with Crippen LogP contribution in [0.4, 0.5) is 0 Å². The Kier molecular flexibility index (Phi) is 24.1. The first-order chi connectivity index (χ1) is 18.3. The van der Waals surface area contributed by atoms with E-state index in [4.69, 9.17) is 15.2 Å². The number of hydrogen-bond donors (Lipinski definition) is 1. The fraction of sp³-hybridized carbons (Fsp3) is 0.824. The molecule has 1 rings (SSSR count). The van der Waals surface area contributed by atoms with Crippen LogP contribution in [0, 0.1) is 0 Å². The van der Waals surface area contributed by atoms with Crippen LogP contribution in [0.3, 0.4) is 0 Å². The molecule has 0 amide bonds. The van der Waals surface area contributed by atoms with E-state index in [1.807, 2.05) is 0 Å². The van der Waals surface area contributed by atoms with Gasteiger partial charge in [0.25, 0.3) is 0 Å². The highest BCUT2D eigenvalue weighted by Gasteiger charge is 2.06. The van der Waals surface area contributed by atoms with Crippen molar-refractivity contribution in [3.8, 4) is 11.5 Å². The van der Waals surface area contributed by atoms with Crippen LogP contribution >= 0.6 is 0 Å². The lowest BCUT2D eigenvalue weighted by Crippen LogP contribution is -2.07. The smallest absolute Gasteiger partial charge is 0.122 e. The molecule has 2 N–H and O–H groups in total. The highest BCUT2D eigenvalue weighted by molar-refractivity contribution is 5.40. The number of rotatable bonds is 28. The molecule has 0 bridgehead atoms. The van der Waals surface area contributed by atoms with Gasteiger partial charge in [-0.15, -0.1) is 0 Å². The van der Waals surface area contributed by atoms with Gasteiger partial charge < -0.3 is 15.2 Å². The molecule has 1 aromatic carbocycles. The SMILES string of the molecule is CCCCCCCCCCCCCOc1ccc(OCCCCCCCCCCCCC)c(CCN)c1. The number of unbranched alkanes of at least 4 members (excludes halogenated alkanes) is 20. The van der Waals surface area contributed by atoms with Crippen LogP contribution in [0.2, 0.25) is 0 Å². The lowest BCUT2D eigenvalue weighted by atomic mass is 10.1. The number of nitrogens with two attached hydrogens (primary N) is 1. The summed E-state index contributed by atoms with van der Waals surface area (Å²) in [4.78, 5) is 0. The Morgan fingerprint density at radius 1 is 0.514 bits per heavy atom. The van der Waals surface area contributed by atoms with Crippen LogP contribution in [0.5, 0.6) is 11.5 Å². The van der Waals surface area contributed by atoms with Gasteiger partial charge >= 0.3 is 0 Å². The van der Waals surface area contributed by atoms with Crippen molar-refractivity contribution in [3.05, 3.63) is 23.8 Å². The minimum absolute atomic E-state index is 0.636. The predicted molar refractivity (Wildman–Crippen MR) is 163 cm³/mol. The number of ether oxygens (including phenoxy) is 2. The van der Waals surface area contributed by atoms with Gasteiger partial charge in [-0.1, -0.05) is 142 Å². The summed E-state index contributed by atoms with van der Waals surface area (Å²) in [5.41, 5.74) is 7.05. The fourth-order valence-corrected chi connectivity index (χ4v) is 5.04. The summed E-state index contributed by atoms with van der Waals surface area (Å²) in [6.07, 6.45) is 30.7. The highest BCUT2D eigenvalue weighted by atomic mass is 16.5. The molecule has 37 heavy (non-hydrogen) atoms. The Hall–Kier alpha value is -1.22. The van der Waals surface area contributed by atoms with Gasteiger partial charge in [0.2, 0.25) is 0 Å². The molecule has 0 radical (unpaired) electrons. The second kappa shape index (κ2) is 26.4. The summed E-state index contributed by atoms with van der Waals surface area (Å²) in [5.74, 6) is 1.94. The zero-order chi connectivity index (χ0) is 26.7. The molecule has 0 saturated heterocycles. The molecular formula is C34H63NO2. The maximum Gasteiger partial charge on any atom is 0.122 e. The van der Waals surface area contributed by atoms with Crippen molar-refractivity contribution >= 4 is 0 Å². The Morgan fingerprint density at radius 3 is 1.35 bits per heavy atom. The van der Waals surface area contributed by atoms with E-state index in [0.29, 0.717) is 6.54 Å². The number of benzene rings is 1. The van der Waals surface area contributed by atoms with Crippen molar-refractivity contribution in [2.24, 2.45) is 5.73 Å². The van der Waals surface area contributed by atoms with Crippen LogP contribution in [0.15, 0.2) is 18.2 Å². The van der Waals surface area contributed by atoms with E-state index < -0.39 is 0 Å². The van der Waals surface area contributed by atoms with Gasteiger partial charge in [-0.3, -0.25) is 0 Å². The topological polar surface area (TPSA) is 44.5 Å². The first-order valence-electron chi connectivity index (χ1n) is 16.4. The Labute approximate surface area is 231 Å². The van der Waals surface area contributed by atoms with Crippen molar-refractivity contribution < 1.29 is 9.47 Å². The lowest BCUT2D eigenvalue weighted by Gasteiger charge is -2.14. The first-order valence-corrected chi connectivity index (χ1v) is 16.4. The van der Waals surface area contributed by atoms with Gasteiger partial charge in [0.1, 0.15) is 11.5 Å². The summed E-state index contributed by atoms with van der Waals surface area (Å²) < 4.78 is 12.2. The van der Waals surface area contributed by atoms with E-state index >= 15 is 0 Å². The van der Waals surface area contributed by atoms with Crippen LogP contribution in [-0.4, -0.2) is 19.8 Å². The molecule has 0 aliphatic carbocycles. The van der Waals surface area contributed by atoms with Gasteiger partial charge in [-0.05, 0) is 49.6 Å². The minimum Gasteiger partial charge on any atom is -0.494 e. The predicted octanol–water partition coefficient (Wildman–Crippen LogP) is 10.6. The molecule has 3 nitrogen and oxygen atoms in total. The van der Waals surface area contributed by atoms with Crippen molar-refractivity contribution in [3.63, 3.8) is 0 Å². The van der Waals surface area contributed by atoms with Crippen molar-refractivity contribution in [2.75, 3.05) is 19.8 Å². The molecule has 0 aliphatic rings. The van der Waals surface area contributed by atoms with Crippen LogP contribution < -0.4 is 15.2 Å². The summed E-state index contributed by atoms with van der Waals surface area (Å²) >= 11 is 0. The minimum atomic E-state index is 0.636. The summed E-state index contributed by atoms with van der Waals surface area (Å²) in [6.45, 7) is 6.81. The summed E-state index contributed by atoms with van der Waals surface area (Å²) in [5, 5.41) is 0.